The summed E-state index contributed by atoms with van der Waals surface area (Å²) in [5.41, 5.74) is 2.16. The van der Waals surface area contributed by atoms with Crippen LogP contribution >= 0.6 is 11.6 Å². The zero-order valence-corrected chi connectivity index (χ0v) is 14.8. The fraction of sp³-hybridized carbons (Fsp3) is 0.263. The van der Waals surface area contributed by atoms with E-state index in [0.717, 1.165) is 5.56 Å². The lowest BCUT2D eigenvalue weighted by molar-refractivity contribution is -0.124. The molecule has 2 amide bonds. The van der Waals surface area contributed by atoms with Gasteiger partial charge in [0.25, 0.3) is 5.91 Å². The van der Waals surface area contributed by atoms with E-state index >= 15 is 0 Å². The van der Waals surface area contributed by atoms with E-state index in [4.69, 9.17) is 11.6 Å². The smallest absolute Gasteiger partial charge is 0.254 e. The monoisotopic (exact) mass is 360 g/mol. The molecule has 1 atom stereocenters. The summed E-state index contributed by atoms with van der Waals surface area (Å²) in [6.45, 7) is 4.38. The first-order valence-electron chi connectivity index (χ1n) is 8.02. The van der Waals surface area contributed by atoms with E-state index < -0.39 is 11.9 Å². The first-order valence-corrected chi connectivity index (χ1v) is 8.40. The van der Waals surface area contributed by atoms with Crippen molar-refractivity contribution < 1.29 is 14.0 Å². The molecule has 0 aliphatic carbocycles. The molecule has 1 fully saturated rings. The number of hydrogen-bond acceptors (Lipinski definition) is 2. The van der Waals surface area contributed by atoms with Crippen LogP contribution < -0.4 is 4.90 Å². The summed E-state index contributed by atoms with van der Waals surface area (Å²) in [4.78, 5) is 28.5. The normalized spacial score (nSPS) is 17.8. The lowest BCUT2D eigenvalue weighted by atomic mass is 10.1. The topological polar surface area (TPSA) is 40.6 Å². The average Bonchev–Trinajstić information content (AvgIpc) is 2.60. The van der Waals surface area contributed by atoms with Crippen LogP contribution in [0.4, 0.5) is 10.1 Å². The van der Waals surface area contributed by atoms with Crippen molar-refractivity contribution in [2.24, 2.45) is 0 Å². The summed E-state index contributed by atoms with van der Waals surface area (Å²) in [5.74, 6) is -0.911. The Labute approximate surface area is 150 Å². The summed E-state index contributed by atoms with van der Waals surface area (Å²) in [6.07, 6.45) is 0. The highest BCUT2D eigenvalue weighted by atomic mass is 35.5. The second kappa shape index (κ2) is 6.84. The van der Waals surface area contributed by atoms with Crippen molar-refractivity contribution in [3.63, 3.8) is 0 Å². The fourth-order valence-corrected chi connectivity index (χ4v) is 3.09. The lowest BCUT2D eigenvalue weighted by Crippen LogP contribution is -2.57. The second-order valence-electron chi connectivity index (χ2n) is 6.13. The zero-order valence-electron chi connectivity index (χ0n) is 14.0. The Morgan fingerprint density at radius 2 is 1.84 bits per heavy atom. The van der Waals surface area contributed by atoms with Gasteiger partial charge in [0.1, 0.15) is 11.9 Å². The van der Waals surface area contributed by atoms with Crippen molar-refractivity contribution in [3.8, 4) is 0 Å². The van der Waals surface area contributed by atoms with E-state index in [9.17, 15) is 14.0 Å². The predicted octanol–water partition coefficient (Wildman–Crippen LogP) is 3.67. The van der Waals surface area contributed by atoms with Crippen LogP contribution in [0.1, 0.15) is 22.8 Å². The zero-order chi connectivity index (χ0) is 18.1. The molecule has 6 heteroatoms. The number of rotatable bonds is 2. The van der Waals surface area contributed by atoms with Gasteiger partial charge in [0.2, 0.25) is 5.91 Å². The van der Waals surface area contributed by atoms with Crippen LogP contribution in [0.5, 0.6) is 0 Å². The van der Waals surface area contributed by atoms with Crippen molar-refractivity contribution in [2.45, 2.75) is 19.9 Å². The Balaban J connectivity index is 1.80. The van der Waals surface area contributed by atoms with Gasteiger partial charge in [-0.25, -0.2) is 4.39 Å². The minimum Gasteiger partial charge on any atom is -0.325 e. The summed E-state index contributed by atoms with van der Waals surface area (Å²) in [7, 11) is 0. The van der Waals surface area contributed by atoms with Gasteiger partial charge in [-0.1, -0.05) is 29.3 Å². The first-order chi connectivity index (χ1) is 11.9. The molecule has 1 heterocycles. The van der Waals surface area contributed by atoms with Gasteiger partial charge in [-0.15, -0.1) is 0 Å². The summed E-state index contributed by atoms with van der Waals surface area (Å²) in [5, 5.41) is -0.0314. The molecule has 130 valence electrons. The van der Waals surface area contributed by atoms with E-state index in [2.05, 4.69) is 0 Å². The van der Waals surface area contributed by atoms with E-state index in [-0.39, 0.29) is 16.8 Å². The van der Waals surface area contributed by atoms with Gasteiger partial charge in [-0.3, -0.25) is 9.59 Å². The molecule has 0 unspecified atom stereocenters. The highest BCUT2D eigenvalue weighted by Gasteiger charge is 2.35. The SMILES string of the molecule is Cc1ccc(C(=O)N2CCN(c3ccc(F)c(Cl)c3)C(=O)[C@H]2C)cc1. The maximum atomic E-state index is 13.3. The third kappa shape index (κ3) is 3.37. The van der Waals surface area contributed by atoms with Crippen molar-refractivity contribution in [3.05, 3.63) is 64.4 Å². The van der Waals surface area contributed by atoms with E-state index in [0.29, 0.717) is 24.3 Å². The van der Waals surface area contributed by atoms with Gasteiger partial charge in [0, 0.05) is 24.3 Å². The standard InChI is InChI=1S/C19H18ClFN2O2/c1-12-3-5-14(6-4-12)19(25)22-9-10-23(18(24)13(22)2)15-7-8-17(21)16(20)11-15/h3-8,11,13H,9-10H2,1-2H3/t13-/m1/s1. The highest BCUT2D eigenvalue weighted by molar-refractivity contribution is 6.31. The number of aryl methyl sites for hydroxylation is 1. The number of piperazine rings is 1. The molecule has 25 heavy (non-hydrogen) atoms. The summed E-state index contributed by atoms with van der Waals surface area (Å²) >= 11 is 5.81. The fourth-order valence-electron chi connectivity index (χ4n) is 2.92. The van der Waals surface area contributed by atoms with Crippen LogP contribution in [0.15, 0.2) is 42.5 Å². The van der Waals surface area contributed by atoms with Crippen LogP contribution in [0, 0.1) is 12.7 Å². The number of amides is 2. The number of carbonyl (C=O) groups excluding carboxylic acids is 2. The number of carbonyl (C=O) groups is 2. The van der Waals surface area contributed by atoms with Crippen LogP contribution in [0.25, 0.3) is 0 Å². The molecule has 0 saturated carbocycles. The van der Waals surface area contributed by atoms with Gasteiger partial charge >= 0.3 is 0 Å². The molecule has 2 aromatic rings. The molecular weight excluding hydrogens is 343 g/mol. The van der Waals surface area contributed by atoms with Crippen molar-refractivity contribution in [2.75, 3.05) is 18.0 Å². The Morgan fingerprint density at radius 3 is 2.48 bits per heavy atom. The van der Waals surface area contributed by atoms with Crippen LogP contribution in [0.2, 0.25) is 5.02 Å². The molecule has 0 radical (unpaired) electrons. The maximum absolute atomic E-state index is 13.3. The number of halogens is 2. The third-order valence-corrected chi connectivity index (χ3v) is 4.72. The Bertz CT molecular complexity index is 823. The van der Waals surface area contributed by atoms with Gasteiger partial charge in [0.15, 0.2) is 0 Å². The molecule has 2 aromatic carbocycles. The highest BCUT2D eigenvalue weighted by Crippen LogP contribution is 2.26. The quantitative estimate of drug-likeness (QED) is 0.820. The molecule has 0 spiro atoms. The second-order valence-corrected chi connectivity index (χ2v) is 6.54. The van der Waals surface area contributed by atoms with Crippen LogP contribution in [0.3, 0.4) is 0 Å². The molecule has 1 aliphatic rings. The molecule has 1 aliphatic heterocycles. The summed E-state index contributed by atoms with van der Waals surface area (Å²) < 4.78 is 13.3. The Morgan fingerprint density at radius 1 is 1.16 bits per heavy atom. The maximum Gasteiger partial charge on any atom is 0.254 e. The average molecular weight is 361 g/mol. The van der Waals surface area contributed by atoms with Crippen molar-refractivity contribution >= 4 is 29.1 Å². The number of nitrogens with zero attached hydrogens (tertiary/aromatic N) is 2. The largest absolute Gasteiger partial charge is 0.325 e. The van der Waals surface area contributed by atoms with Gasteiger partial charge in [-0.05, 0) is 44.2 Å². The van der Waals surface area contributed by atoms with Gasteiger partial charge < -0.3 is 9.80 Å². The van der Waals surface area contributed by atoms with Crippen LogP contribution in [-0.4, -0.2) is 35.8 Å². The predicted molar refractivity (Wildman–Crippen MR) is 95.4 cm³/mol. The van der Waals surface area contributed by atoms with Gasteiger partial charge in [0.05, 0.1) is 5.02 Å². The number of benzene rings is 2. The third-order valence-electron chi connectivity index (χ3n) is 4.43. The molecule has 4 nitrogen and oxygen atoms in total. The molecule has 3 rings (SSSR count). The molecule has 0 N–H and O–H groups in total. The minimum atomic E-state index is -0.605. The molecule has 1 saturated heterocycles. The first kappa shape index (κ1) is 17.4. The van der Waals surface area contributed by atoms with Crippen LogP contribution in [-0.2, 0) is 4.79 Å². The lowest BCUT2D eigenvalue weighted by Gasteiger charge is -2.39. The Hall–Kier alpha value is -2.40. The van der Waals surface area contributed by atoms with Gasteiger partial charge in [-0.2, -0.15) is 0 Å². The minimum absolute atomic E-state index is 0.0314. The number of anilines is 1. The van der Waals surface area contributed by atoms with E-state index in [1.165, 1.54) is 23.1 Å². The van der Waals surface area contributed by atoms with Crippen molar-refractivity contribution in [1.82, 2.24) is 4.90 Å². The molecule has 0 aromatic heterocycles. The van der Waals surface area contributed by atoms with Crippen molar-refractivity contribution in [1.29, 1.82) is 0 Å². The molecule has 0 bridgehead atoms. The summed E-state index contributed by atoms with van der Waals surface area (Å²) in [6, 6.07) is 10.8. The van der Waals surface area contributed by atoms with E-state index in [1.54, 1.807) is 24.0 Å². The number of hydrogen-bond donors (Lipinski definition) is 0. The van der Waals surface area contributed by atoms with E-state index in [1.807, 2.05) is 19.1 Å². The molecular formula is C19H18ClFN2O2. The Kier molecular flexibility index (Phi) is 4.77.